The maximum Gasteiger partial charge on any atom is 0.255 e. The predicted molar refractivity (Wildman–Crippen MR) is 94.3 cm³/mol. The Morgan fingerprint density at radius 1 is 0.741 bits per heavy atom. The van der Waals surface area contributed by atoms with E-state index in [9.17, 15) is 30.7 Å². The molecule has 10 heteroatoms. The number of hydrogen-bond donors (Lipinski definition) is 1. The number of nitrogens with one attached hydrogen (secondary N) is 1. The minimum Gasteiger partial charge on any atom is -0.744 e. The summed E-state index contributed by atoms with van der Waals surface area (Å²) >= 11 is 0. The normalized spacial score (nSPS) is 12.1. The van der Waals surface area contributed by atoms with E-state index in [2.05, 4.69) is 5.32 Å². The van der Waals surface area contributed by atoms with Crippen LogP contribution in [-0.2, 0) is 20.2 Å². The monoisotopic (exact) mass is 405 g/mol. The van der Waals surface area contributed by atoms with Gasteiger partial charge in [-0.3, -0.25) is 4.79 Å². The van der Waals surface area contributed by atoms with Gasteiger partial charge in [0.15, 0.2) is 0 Å². The Morgan fingerprint density at radius 3 is 1.96 bits per heavy atom. The van der Waals surface area contributed by atoms with Gasteiger partial charge in [0.1, 0.15) is 20.2 Å². The van der Waals surface area contributed by atoms with Crippen LogP contribution in [0, 0.1) is 0 Å². The van der Waals surface area contributed by atoms with Crippen molar-refractivity contribution in [1.29, 1.82) is 0 Å². The highest BCUT2D eigenvalue weighted by Crippen LogP contribution is 2.34. The molecule has 3 aromatic carbocycles. The summed E-state index contributed by atoms with van der Waals surface area (Å²) < 4.78 is 69.3. The molecule has 140 valence electrons. The SMILES string of the molecule is O=C(Nc1ccc(S(=O)(=O)[O-])c2cccc(S(=O)(=O)[O-])c12)c1ccccc1. The zero-order chi connectivity index (χ0) is 19.8. The van der Waals surface area contributed by atoms with Crippen LogP contribution < -0.4 is 5.32 Å². The standard InChI is InChI=1S/C17H13NO7S2/c19-17(11-5-2-1-3-6-11)18-13-9-10-14(26(20,21)22)12-7-4-8-15(16(12)13)27(23,24)25/h1-10H,(H,18,19)(H,20,21,22)(H,23,24,25)/p-2. The molecule has 0 bridgehead atoms. The third-order valence-electron chi connectivity index (χ3n) is 3.79. The molecule has 0 saturated heterocycles. The number of carbonyl (C=O) groups excluding carboxylic acids is 1. The van der Waals surface area contributed by atoms with Gasteiger partial charge in [-0.2, -0.15) is 0 Å². The highest BCUT2D eigenvalue weighted by atomic mass is 32.2. The van der Waals surface area contributed by atoms with Crippen molar-refractivity contribution in [2.45, 2.75) is 9.79 Å². The summed E-state index contributed by atoms with van der Waals surface area (Å²) in [5, 5.41) is 1.84. The maximum absolute atomic E-state index is 12.4. The second-order valence-electron chi connectivity index (χ2n) is 5.52. The van der Waals surface area contributed by atoms with Gasteiger partial charge in [0, 0.05) is 16.3 Å². The fraction of sp³-hybridized carbons (Fsp3) is 0. The fourth-order valence-corrected chi connectivity index (χ4v) is 4.05. The largest absolute Gasteiger partial charge is 0.744 e. The predicted octanol–water partition coefficient (Wildman–Crippen LogP) is 1.90. The quantitative estimate of drug-likeness (QED) is 0.653. The highest BCUT2D eigenvalue weighted by Gasteiger charge is 2.18. The molecule has 0 aliphatic rings. The molecule has 1 amide bonds. The van der Waals surface area contributed by atoms with E-state index < -0.39 is 35.9 Å². The summed E-state index contributed by atoms with van der Waals surface area (Å²) in [6.07, 6.45) is 0. The molecule has 1 N–H and O–H groups in total. The lowest BCUT2D eigenvalue weighted by atomic mass is 10.1. The third kappa shape index (κ3) is 3.83. The van der Waals surface area contributed by atoms with Crippen LogP contribution in [0.15, 0.2) is 70.5 Å². The van der Waals surface area contributed by atoms with Gasteiger partial charge >= 0.3 is 0 Å². The molecule has 27 heavy (non-hydrogen) atoms. The molecule has 8 nitrogen and oxygen atoms in total. The third-order valence-corrected chi connectivity index (χ3v) is 5.56. The lowest BCUT2D eigenvalue weighted by Crippen LogP contribution is -2.13. The van der Waals surface area contributed by atoms with Crippen molar-refractivity contribution in [2.75, 3.05) is 5.32 Å². The Kier molecular flexibility index (Phi) is 4.74. The Morgan fingerprint density at radius 2 is 1.37 bits per heavy atom. The molecule has 0 aliphatic carbocycles. The average Bonchev–Trinajstić information content (AvgIpc) is 2.60. The molecule has 0 aromatic heterocycles. The Labute approximate surface area is 155 Å². The summed E-state index contributed by atoms with van der Waals surface area (Å²) in [6.45, 7) is 0. The molecule has 3 aromatic rings. The van der Waals surface area contributed by atoms with Crippen LogP contribution >= 0.6 is 0 Å². The van der Waals surface area contributed by atoms with Gasteiger partial charge in [0.05, 0.1) is 15.5 Å². The molecular weight excluding hydrogens is 394 g/mol. The number of hydrogen-bond acceptors (Lipinski definition) is 7. The smallest absolute Gasteiger partial charge is 0.255 e. The van der Waals surface area contributed by atoms with Gasteiger partial charge in [-0.25, -0.2) is 16.8 Å². The number of benzene rings is 3. The number of amides is 1. The van der Waals surface area contributed by atoms with Crippen molar-refractivity contribution in [2.24, 2.45) is 0 Å². The topological polar surface area (TPSA) is 144 Å². The van der Waals surface area contributed by atoms with E-state index in [1.165, 1.54) is 18.2 Å². The Hall–Kier alpha value is -2.79. The minimum atomic E-state index is -5.01. The molecule has 0 saturated carbocycles. The van der Waals surface area contributed by atoms with E-state index in [-0.39, 0.29) is 22.0 Å². The molecule has 3 rings (SSSR count). The number of carbonyl (C=O) groups is 1. The first-order valence-electron chi connectivity index (χ1n) is 7.43. The number of anilines is 1. The van der Waals surface area contributed by atoms with Crippen LogP contribution in [0.2, 0.25) is 0 Å². The Bertz CT molecular complexity index is 1250. The van der Waals surface area contributed by atoms with E-state index in [0.717, 1.165) is 24.3 Å². The van der Waals surface area contributed by atoms with Crippen LogP contribution in [0.3, 0.4) is 0 Å². The van der Waals surface area contributed by atoms with Crippen LogP contribution in [0.5, 0.6) is 0 Å². The van der Waals surface area contributed by atoms with Gasteiger partial charge in [-0.05, 0) is 30.3 Å². The van der Waals surface area contributed by atoms with E-state index in [4.69, 9.17) is 0 Å². The minimum absolute atomic E-state index is 0.110. The van der Waals surface area contributed by atoms with E-state index >= 15 is 0 Å². The van der Waals surface area contributed by atoms with Gasteiger partial charge in [-0.15, -0.1) is 0 Å². The van der Waals surface area contributed by atoms with Gasteiger partial charge in [0.2, 0.25) is 0 Å². The first-order chi connectivity index (χ1) is 12.6. The lowest BCUT2D eigenvalue weighted by molar-refractivity contribution is 0.102. The van der Waals surface area contributed by atoms with Gasteiger partial charge in [0.25, 0.3) is 5.91 Å². The molecular formula is C17H11NO7S2-2. The van der Waals surface area contributed by atoms with E-state index in [1.54, 1.807) is 18.2 Å². The molecule has 0 spiro atoms. The Balaban J connectivity index is 2.29. The van der Waals surface area contributed by atoms with Crippen LogP contribution in [-0.4, -0.2) is 31.8 Å². The first kappa shape index (κ1) is 19.0. The van der Waals surface area contributed by atoms with Crippen LogP contribution in [0.4, 0.5) is 5.69 Å². The highest BCUT2D eigenvalue weighted by molar-refractivity contribution is 7.86. The molecule has 0 heterocycles. The van der Waals surface area contributed by atoms with Crippen molar-refractivity contribution in [3.63, 3.8) is 0 Å². The molecule has 0 fully saturated rings. The molecule has 0 unspecified atom stereocenters. The summed E-state index contributed by atoms with van der Waals surface area (Å²) in [5.41, 5.74) is 0.148. The first-order valence-corrected chi connectivity index (χ1v) is 10.2. The molecule has 0 radical (unpaired) electrons. The van der Waals surface area contributed by atoms with Crippen LogP contribution in [0.1, 0.15) is 10.4 Å². The van der Waals surface area contributed by atoms with Crippen molar-refractivity contribution >= 4 is 42.6 Å². The van der Waals surface area contributed by atoms with E-state index in [1.807, 2.05) is 0 Å². The maximum atomic E-state index is 12.4. The number of fused-ring (bicyclic) bond motifs is 1. The van der Waals surface area contributed by atoms with Crippen molar-refractivity contribution in [1.82, 2.24) is 0 Å². The van der Waals surface area contributed by atoms with Crippen molar-refractivity contribution in [3.05, 3.63) is 66.2 Å². The average molecular weight is 405 g/mol. The summed E-state index contributed by atoms with van der Waals surface area (Å²) in [6, 6.07) is 13.3. The van der Waals surface area contributed by atoms with Gasteiger partial charge in [-0.1, -0.05) is 30.3 Å². The summed E-state index contributed by atoms with van der Waals surface area (Å²) in [7, 11) is -9.96. The lowest BCUT2D eigenvalue weighted by Gasteiger charge is -2.18. The van der Waals surface area contributed by atoms with Gasteiger partial charge < -0.3 is 14.4 Å². The second-order valence-corrected chi connectivity index (χ2v) is 8.21. The summed E-state index contributed by atoms with van der Waals surface area (Å²) in [5.74, 6) is -0.604. The van der Waals surface area contributed by atoms with E-state index in [0.29, 0.717) is 0 Å². The molecule has 0 atom stereocenters. The second kappa shape index (κ2) is 6.74. The van der Waals surface area contributed by atoms with Crippen LogP contribution in [0.25, 0.3) is 10.8 Å². The fourth-order valence-electron chi connectivity index (χ4n) is 2.66. The number of rotatable bonds is 4. The summed E-state index contributed by atoms with van der Waals surface area (Å²) in [4.78, 5) is 10.9. The zero-order valence-corrected chi connectivity index (χ0v) is 15.1. The van der Waals surface area contributed by atoms with Crippen molar-refractivity contribution < 1.29 is 30.7 Å². The zero-order valence-electron chi connectivity index (χ0n) is 13.4. The molecule has 0 aliphatic heterocycles. The van der Waals surface area contributed by atoms with Crippen molar-refractivity contribution in [3.8, 4) is 0 Å².